The van der Waals surface area contributed by atoms with Crippen LogP contribution in [0.1, 0.15) is 14.5 Å². The van der Waals surface area contributed by atoms with Crippen molar-refractivity contribution in [3.8, 4) is 0 Å². The quantitative estimate of drug-likeness (QED) is 0.542. The summed E-state index contributed by atoms with van der Waals surface area (Å²) in [6.07, 6.45) is 1.76. The number of aromatic nitrogens is 2. The van der Waals surface area contributed by atoms with Gasteiger partial charge in [-0.3, -0.25) is 0 Å². The lowest BCUT2D eigenvalue weighted by atomic mass is 10.2. The van der Waals surface area contributed by atoms with Crippen LogP contribution in [-0.2, 0) is 10.5 Å². The fourth-order valence-electron chi connectivity index (χ4n) is 1.91. The summed E-state index contributed by atoms with van der Waals surface area (Å²) >= 11 is 3.07. The summed E-state index contributed by atoms with van der Waals surface area (Å²) in [5.74, 6) is 0.464. The maximum absolute atomic E-state index is 11.4. The highest BCUT2D eigenvalue weighted by atomic mass is 32.2. The number of rotatable bonds is 4. The Balaban J connectivity index is 1.77. The molecule has 106 valence electrons. The first-order chi connectivity index (χ1) is 10.3. The van der Waals surface area contributed by atoms with Gasteiger partial charge in [0.15, 0.2) is 0 Å². The molecule has 0 amide bonds. The number of methoxy groups -OCH3 is 1. The minimum atomic E-state index is -0.291. The molecule has 0 aliphatic carbocycles. The lowest BCUT2D eigenvalue weighted by Gasteiger charge is -2.02. The smallest absolute Gasteiger partial charge is 0.348 e. The monoisotopic (exact) mass is 316 g/mol. The van der Waals surface area contributed by atoms with Gasteiger partial charge >= 0.3 is 5.97 Å². The zero-order valence-corrected chi connectivity index (χ0v) is 12.9. The molecule has 0 saturated carbocycles. The van der Waals surface area contributed by atoms with E-state index in [1.807, 2.05) is 30.3 Å². The van der Waals surface area contributed by atoms with E-state index in [4.69, 9.17) is 4.74 Å². The highest BCUT2D eigenvalue weighted by Gasteiger charge is 2.10. The number of carbonyl (C=O) groups excluding carboxylic acids is 1. The molecule has 3 rings (SSSR count). The van der Waals surface area contributed by atoms with Crippen LogP contribution in [0.15, 0.2) is 47.6 Å². The van der Waals surface area contributed by atoms with E-state index in [1.165, 1.54) is 18.4 Å². The molecule has 2 heterocycles. The topological polar surface area (TPSA) is 52.1 Å². The number of hydrogen-bond acceptors (Lipinski definition) is 6. The van der Waals surface area contributed by atoms with Crippen LogP contribution in [0.4, 0.5) is 0 Å². The number of thioether (sulfide) groups is 1. The van der Waals surface area contributed by atoms with E-state index >= 15 is 0 Å². The minimum Gasteiger partial charge on any atom is -0.465 e. The van der Waals surface area contributed by atoms with Crippen molar-refractivity contribution in [3.05, 3.63) is 52.3 Å². The molecule has 0 unspecified atom stereocenters. The molecule has 0 fully saturated rings. The van der Waals surface area contributed by atoms with Crippen LogP contribution in [0.25, 0.3) is 10.8 Å². The number of esters is 1. The molecular weight excluding hydrogens is 304 g/mol. The Labute approximate surface area is 130 Å². The van der Waals surface area contributed by atoms with E-state index < -0.39 is 0 Å². The third kappa shape index (κ3) is 3.06. The van der Waals surface area contributed by atoms with Gasteiger partial charge in [-0.25, -0.2) is 4.79 Å². The van der Waals surface area contributed by atoms with Crippen LogP contribution < -0.4 is 0 Å². The lowest BCUT2D eigenvalue weighted by molar-refractivity contribution is 0.0606. The summed E-state index contributed by atoms with van der Waals surface area (Å²) in [5.41, 5.74) is 0. The average molecular weight is 316 g/mol. The second kappa shape index (κ2) is 6.24. The number of thiophene rings is 1. The SMILES string of the molecule is COC(=O)c1ccc(CSc2nncc3ccccc23)s1. The Morgan fingerprint density at radius 1 is 1.29 bits per heavy atom. The largest absolute Gasteiger partial charge is 0.465 e. The third-order valence-corrected chi connectivity index (χ3v) is 5.21. The van der Waals surface area contributed by atoms with Gasteiger partial charge in [0, 0.05) is 21.4 Å². The van der Waals surface area contributed by atoms with Gasteiger partial charge in [0.2, 0.25) is 0 Å². The molecule has 2 aromatic heterocycles. The Kier molecular flexibility index (Phi) is 4.17. The second-order valence-corrected chi connectivity index (χ2v) is 6.42. The number of hydrogen-bond donors (Lipinski definition) is 0. The van der Waals surface area contributed by atoms with Crippen LogP contribution >= 0.6 is 23.1 Å². The molecule has 0 bridgehead atoms. The Hall–Kier alpha value is -1.92. The standard InChI is InChI=1S/C15H12N2O2S2/c1-19-15(18)13-7-6-11(21-13)9-20-14-12-5-3-2-4-10(12)8-16-17-14/h2-8H,9H2,1H3. The molecule has 3 aromatic rings. The molecule has 0 aliphatic heterocycles. The van der Waals surface area contributed by atoms with E-state index in [0.717, 1.165) is 26.4 Å². The minimum absolute atomic E-state index is 0.291. The molecular formula is C15H12N2O2S2. The predicted molar refractivity (Wildman–Crippen MR) is 84.8 cm³/mol. The van der Waals surface area contributed by atoms with Crippen LogP contribution in [0.5, 0.6) is 0 Å². The number of carbonyl (C=O) groups is 1. The van der Waals surface area contributed by atoms with Crippen molar-refractivity contribution < 1.29 is 9.53 Å². The molecule has 0 saturated heterocycles. The Morgan fingerprint density at radius 2 is 2.14 bits per heavy atom. The average Bonchev–Trinajstić information content (AvgIpc) is 3.01. The maximum atomic E-state index is 11.4. The molecule has 1 aromatic carbocycles. The number of fused-ring (bicyclic) bond motifs is 1. The molecule has 4 nitrogen and oxygen atoms in total. The summed E-state index contributed by atoms with van der Waals surface area (Å²) < 4.78 is 4.71. The number of ether oxygens (including phenoxy) is 1. The van der Waals surface area contributed by atoms with E-state index in [0.29, 0.717) is 4.88 Å². The van der Waals surface area contributed by atoms with Gasteiger partial charge in [0.1, 0.15) is 9.90 Å². The summed E-state index contributed by atoms with van der Waals surface area (Å²) in [4.78, 5) is 13.2. The normalized spacial score (nSPS) is 10.7. The van der Waals surface area contributed by atoms with Crippen molar-refractivity contribution in [1.82, 2.24) is 10.2 Å². The summed E-state index contributed by atoms with van der Waals surface area (Å²) in [7, 11) is 1.39. The van der Waals surface area contributed by atoms with Crippen LogP contribution in [0.2, 0.25) is 0 Å². The first-order valence-corrected chi connectivity index (χ1v) is 8.08. The number of benzene rings is 1. The molecule has 0 aliphatic rings. The van der Waals surface area contributed by atoms with Crippen molar-refractivity contribution in [2.24, 2.45) is 0 Å². The maximum Gasteiger partial charge on any atom is 0.348 e. The molecule has 0 radical (unpaired) electrons. The van der Waals surface area contributed by atoms with E-state index in [1.54, 1.807) is 24.0 Å². The van der Waals surface area contributed by atoms with Crippen molar-refractivity contribution >= 4 is 39.8 Å². The van der Waals surface area contributed by atoms with Crippen molar-refractivity contribution in [2.45, 2.75) is 10.8 Å². The van der Waals surface area contributed by atoms with Gasteiger partial charge in [-0.1, -0.05) is 36.0 Å². The van der Waals surface area contributed by atoms with Crippen molar-refractivity contribution in [1.29, 1.82) is 0 Å². The van der Waals surface area contributed by atoms with E-state index in [9.17, 15) is 4.79 Å². The highest BCUT2D eigenvalue weighted by Crippen LogP contribution is 2.30. The Morgan fingerprint density at radius 3 is 3.00 bits per heavy atom. The fraction of sp³-hybridized carbons (Fsp3) is 0.133. The highest BCUT2D eigenvalue weighted by molar-refractivity contribution is 7.98. The van der Waals surface area contributed by atoms with Crippen LogP contribution in [0, 0.1) is 0 Å². The van der Waals surface area contributed by atoms with E-state index in [-0.39, 0.29) is 5.97 Å². The van der Waals surface area contributed by atoms with Crippen LogP contribution in [-0.4, -0.2) is 23.3 Å². The van der Waals surface area contributed by atoms with Gasteiger partial charge in [0.25, 0.3) is 0 Å². The Bertz CT molecular complexity index is 781. The molecule has 6 heteroatoms. The van der Waals surface area contributed by atoms with E-state index in [2.05, 4.69) is 10.2 Å². The van der Waals surface area contributed by atoms with Gasteiger partial charge in [-0.15, -0.1) is 16.4 Å². The first-order valence-electron chi connectivity index (χ1n) is 6.28. The molecule has 0 N–H and O–H groups in total. The third-order valence-electron chi connectivity index (χ3n) is 2.94. The predicted octanol–water partition coefficient (Wildman–Crippen LogP) is 3.77. The second-order valence-electron chi connectivity index (χ2n) is 4.28. The summed E-state index contributed by atoms with van der Waals surface area (Å²) in [5, 5.41) is 11.3. The van der Waals surface area contributed by atoms with Gasteiger partial charge < -0.3 is 4.74 Å². The summed E-state index contributed by atoms with van der Waals surface area (Å²) in [6.45, 7) is 0. The number of nitrogens with zero attached hydrogens (tertiary/aromatic N) is 2. The zero-order valence-electron chi connectivity index (χ0n) is 11.3. The first kappa shape index (κ1) is 14.0. The van der Waals surface area contributed by atoms with Gasteiger partial charge in [0.05, 0.1) is 13.3 Å². The molecule has 0 spiro atoms. The van der Waals surface area contributed by atoms with Gasteiger partial charge in [-0.05, 0) is 12.1 Å². The zero-order chi connectivity index (χ0) is 14.7. The molecule has 21 heavy (non-hydrogen) atoms. The van der Waals surface area contributed by atoms with Crippen molar-refractivity contribution in [3.63, 3.8) is 0 Å². The fourth-order valence-corrected chi connectivity index (χ4v) is 3.87. The molecule has 0 atom stereocenters. The van der Waals surface area contributed by atoms with Crippen LogP contribution in [0.3, 0.4) is 0 Å². The lowest BCUT2D eigenvalue weighted by Crippen LogP contribution is -1.96. The summed E-state index contributed by atoms with van der Waals surface area (Å²) in [6, 6.07) is 11.8. The van der Waals surface area contributed by atoms with Gasteiger partial charge in [-0.2, -0.15) is 5.10 Å². The van der Waals surface area contributed by atoms with Crippen molar-refractivity contribution in [2.75, 3.05) is 7.11 Å².